The maximum atomic E-state index is 13.9. The van der Waals surface area contributed by atoms with Gasteiger partial charge in [0.15, 0.2) is 5.82 Å². The minimum atomic E-state index is -2.74. The largest absolute Gasteiger partial charge is 0.356 e. The molecule has 2 aliphatic rings. The van der Waals surface area contributed by atoms with Gasteiger partial charge in [0, 0.05) is 31.3 Å². The van der Waals surface area contributed by atoms with Gasteiger partial charge in [0.2, 0.25) is 5.92 Å². The Morgan fingerprint density at radius 1 is 1.20 bits per heavy atom. The average Bonchev–Trinajstić information content (AvgIpc) is 2.74. The molecule has 2 fully saturated rings. The van der Waals surface area contributed by atoms with E-state index in [2.05, 4.69) is 10.2 Å². The summed E-state index contributed by atoms with van der Waals surface area (Å²) in [6, 6.07) is 7.07. The minimum Gasteiger partial charge on any atom is -0.356 e. The molecule has 0 bridgehead atoms. The van der Waals surface area contributed by atoms with Gasteiger partial charge in [-0.3, -0.25) is 9.36 Å². The number of halogens is 4. The molecule has 0 amide bonds. The number of rotatable bonds is 4. The van der Waals surface area contributed by atoms with Crippen LogP contribution in [0.25, 0.3) is 16.9 Å². The van der Waals surface area contributed by atoms with E-state index < -0.39 is 34.9 Å². The molecular weight excluding hydrogens is 485 g/mol. The van der Waals surface area contributed by atoms with Gasteiger partial charge in [-0.25, -0.2) is 22.5 Å². The molecule has 8 nitrogen and oxygen atoms in total. The van der Waals surface area contributed by atoms with E-state index >= 15 is 0 Å². The Kier molecular flexibility index (Phi) is 5.25. The number of hydrogen-bond acceptors (Lipinski definition) is 6. The fraction of sp³-hybridized carbons (Fsp3) is 0.348. The Hall–Kier alpha value is -3.65. The number of nitrogens with zero attached hydrogens (tertiary/aromatic N) is 6. The monoisotopic (exact) mass is 502 g/mol. The summed E-state index contributed by atoms with van der Waals surface area (Å²) in [5.74, 6) is -3.39. The third-order valence-electron chi connectivity index (χ3n) is 6.38. The molecule has 1 aromatic carbocycles. The van der Waals surface area contributed by atoms with Crippen molar-refractivity contribution in [3.63, 3.8) is 0 Å². The molecule has 1 saturated carbocycles. The topological polar surface area (TPSA) is 96.8 Å². The first-order valence-electron chi connectivity index (χ1n) is 10.7. The SMILES string of the molecule is Cc1cnnc(-n2c(=O)c(-c3ccc(F)c(Cl)c3)c(N3CC4(C3)CC(F)(F)C4)n(CC#N)c2=O)c1. The summed E-state index contributed by atoms with van der Waals surface area (Å²) in [6.07, 6.45) is 0.880. The van der Waals surface area contributed by atoms with Crippen molar-refractivity contribution in [3.8, 4) is 23.0 Å². The molecule has 35 heavy (non-hydrogen) atoms. The van der Waals surface area contributed by atoms with Crippen LogP contribution in [0.2, 0.25) is 5.02 Å². The molecular formula is C23H18ClF3N6O2. The third kappa shape index (κ3) is 3.78. The van der Waals surface area contributed by atoms with Crippen LogP contribution in [0, 0.1) is 29.5 Å². The Bertz CT molecular complexity index is 1510. The molecule has 0 unspecified atom stereocenters. The lowest BCUT2D eigenvalue weighted by molar-refractivity contribution is -0.170. The van der Waals surface area contributed by atoms with Crippen molar-refractivity contribution in [3.05, 3.63) is 67.7 Å². The maximum absolute atomic E-state index is 13.9. The first-order valence-corrected chi connectivity index (χ1v) is 11.1. The molecule has 12 heteroatoms. The molecule has 1 spiro atoms. The fourth-order valence-electron chi connectivity index (χ4n) is 5.03. The highest BCUT2D eigenvalue weighted by Gasteiger charge is 2.62. The Labute approximate surface area is 201 Å². The van der Waals surface area contributed by atoms with E-state index in [-0.39, 0.29) is 53.7 Å². The Balaban J connectivity index is 1.77. The zero-order chi connectivity index (χ0) is 25.1. The van der Waals surface area contributed by atoms with Gasteiger partial charge in [-0.15, -0.1) is 5.10 Å². The highest BCUT2D eigenvalue weighted by molar-refractivity contribution is 6.31. The summed E-state index contributed by atoms with van der Waals surface area (Å²) in [4.78, 5) is 28.9. The predicted molar refractivity (Wildman–Crippen MR) is 121 cm³/mol. The summed E-state index contributed by atoms with van der Waals surface area (Å²) < 4.78 is 43.0. The summed E-state index contributed by atoms with van der Waals surface area (Å²) in [7, 11) is 0. The van der Waals surface area contributed by atoms with Crippen molar-refractivity contribution in [1.29, 1.82) is 5.26 Å². The van der Waals surface area contributed by atoms with Gasteiger partial charge >= 0.3 is 5.69 Å². The van der Waals surface area contributed by atoms with Gasteiger partial charge in [0.1, 0.15) is 18.2 Å². The van der Waals surface area contributed by atoms with Crippen molar-refractivity contribution >= 4 is 17.4 Å². The number of aromatic nitrogens is 4. The van der Waals surface area contributed by atoms with Gasteiger partial charge < -0.3 is 4.90 Å². The molecule has 3 aromatic rings. The van der Waals surface area contributed by atoms with E-state index in [0.717, 1.165) is 15.2 Å². The van der Waals surface area contributed by atoms with Crippen LogP contribution in [0.3, 0.4) is 0 Å². The minimum absolute atomic E-state index is 0.0222. The van der Waals surface area contributed by atoms with Crippen LogP contribution in [0.4, 0.5) is 19.0 Å². The molecule has 0 atom stereocenters. The van der Waals surface area contributed by atoms with Crippen LogP contribution in [-0.4, -0.2) is 38.3 Å². The molecule has 0 radical (unpaired) electrons. The zero-order valence-corrected chi connectivity index (χ0v) is 19.2. The Morgan fingerprint density at radius 3 is 2.51 bits per heavy atom. The van der Waals surface area contributed by atoms with E-state index in [0.29, 0.717) is 5.56 Å². The molecule has 1 aliphatic carbocycles. The smallest absolute Gasteiger partial charge is 0.339 e. The summed E-state index contributed by atoms with van der Waals surface area (Å²) >= 11 is 5.99. The fourth-order valence-corrected chi connectivity index (χ4v) is 5.21. The highest BCUT2D eigenvalue weighted by Crippen LogP contribution is 2.57. The second-order valence-corrected chi connectivity index (χ2v) is 9.56. The first-order chi connectivity index (χ1) is 16.5. The number of hydrogen-bond donors (Lipinski definition) is 0. The van der Waals surface area contributed by atoms with E-state index in [4.69, 9.17) is 11.6 Å². The second-order valence-electron chi connectivity index (χ2n) is 9.15. The number of benzene rings is 1. The second kappa shape index (κ2) is 7.95. The summed E-state index contributed by atoms with van der Waals surface area (Å²) in [5, 5.41) is 16.9. The number of alkyl halides is 2. The van der Waals surface area contributed by atoms with E-state index in [1.165, 1.54) is 24.4 Å². The Morgan fingerprint density at radius 2 is 1.91 bits per heavy atom. The highest BCUT2D eigenvalue weighted by atomic mass is 35.5. The molecule has 3 heterocycles. The zero-order valence-electron chi connectivity index (χ0n) is 18.4. The number of nitriles is 1. The van der Waals surface area contributed by atoms with Crippen LogP contribution in [-0.2, 0) is 6.54 Å². The van der Waals surface area contributed by atoms with Crippen molar-refractivity contribution in [2.45, 2.75) is 32.2 Å². The lowest BCUT2D eigenvalue weighted by Gasteiger charge is -2.59. The van der Waals surface area contributed by atoms with Crippen molar-refractivity contribution in [1.82, 2.24) is 19.3 Å². The molecule has 2 aromatic heterocycles. The number of anilines is 1. The lowest BCUT2D eigenvalue weighted by Crippen LogP contribution is -2.67. The van der Waals surface area contributed by atoms with Crippen molar-refractivity contribution in [2.24, 2.45) is 5.41 Å². The predicted octanol–water partition coefficient (Wildman–Crippen LogP) is 3.32. The summed E-state index contributed by atoms with van der Waals surface area (Å²) in [5.41, 5.74) is -1.40. The van der Waals surface area contributed by atoms with Crippen LogP contribution in [0.15, 0.2) is 40.1 Å². The van der Waals surface area contributed by atoms with E-state index in [1.54, 1.807) is 11.8 Å². The van der Waals surface area contributed by atoms with Gasteiger partial charge in [-0.1, -0.05) is 17.7 Å². The molecule has 1 saturated heterocycles. The molecule has 5 rings (SSSR count). The van der Waals surface area contributed by atoms with Crippen LogP contribution >= 0.6 is 11.6 Å². The van der Waals surface area contributed by atoms with Crippen LogP contribution in [0.1, 0.15) is 18.4 Å². The quantitative estimate of drug-likeness (QED) is 0.543. The van der Waals surface area contributed by atoms with Gasteiger partial charge in [0.25, 0.3) is 5.56 Å². The molecule has 1 aliphatic heterocycles. The normalized spacial score (nSPS) is 17.5. The van der Waals surface area contributed by atoms with Gasteiger partial charge in [0.05, 0.1) is 22.9 Å². The number of aryl methyl sites for hydroxylation is 1. The maximum Gasteiger partial charge on any atom is 0.339 e. The van der Waals surface area contributed by atoms with Crippen molar-refractivity contribution < 1.29 is 13.2 Å². The standard InChI is InChI=1S/C23H18ClF3N6O2/c1-13-6-17(30-29-8-13)33-20(34)18(14-2-3-16(25)15(24)7-14)19(32(5-4-28)21(33)35)31-11-22(12-31)9-23(26,27)10-22/h2-3,6-8H,5,9-12H2,1H3. The van der Waals surface area contributed by atoms with Crippen LogP contribution in [0.5, 0.6) is 0 Å². The first kappa shape index (κ1) is 23.1. The van der Waals surface area contributed by atoms with E-state index in [1.807, 2.05) is 6.07 Å². The molecule has 180 valence electrons. The lowest BCUT2D eigenvalue weighted by atomic mass is 9.61. The summed E-state index contributed by atoms with van der Waals surface area (Å²) in [6.45, 7) is 1.65. The van der Waals surface area contributed by atoms with E-state index in [9.17, 15) is 28.0 Å². The average molecular weight is 503 g/mol. The van der Waals surface area contributed by atoms with Crippen LogP contribution < -0.4 is 16.1 Å². The van der Waals surface area contributed by atoms with Gasteiger partial charge in [-0.2, -0.15) is 10.4 Å². The van der Waals surface area contributed by atoms with Crippen molar-refractivity contribution in [2.75, 3.05) is 18.0 Å². The third-order valence-corrected chi connectivity index (χ3v) is 6.67. The molecule has 0 N–H and O–H groups in total. The van der Waals surface area contributed by atoms with Gasteiger partial charge in [-0.05, 0) is 36.2 Å².